The third-order valence-corrected chi connectivity index (χ3v) is 2.44. The number of pyridine rings is 1. The van der Waals surface area contributed by atoms with Gasteiger partial charge in [0, 0.05) is 24.9 Å². The van der Waals surface area contributed by atoms with Crippen LogP contribution in [0.25, 0.3) is 0 Å². The number of rotatable bonds is 4. The molecule has 0 fully saturated rings. The lowest BCUT2D eigenvalue weighted by molar-refractivity contribution is 0.949. The van der Waals surface area contributed by atoms with Gasteiger partial charge in [-0.05, 0) is 28.1 Å². The Bertz CT molecular complexity index is 429. The first-order chi connectivity index (χ1) is 7.84. The van der Waals surface area contributed by atoms with Gasteiger partial charge in [0.25, 0.3) is 0 Å². The van der Waals surface area contributed by atoms with Crippen molar-refractivity contribution in [2.45, 2.75) is 6.42 Å². The highest BCUT2D eigenvalue weighted by molar-refractivity contribution is 9.10. The highest BCUT2D eigenvalue weighted by Crippen LogP contribution is 2.06. The Hall–Kier alpha value is -1.49. The van der Waals surface area contributed by atoms with Gasteiger partial charge in [-0.15, -0.1) is 0 Å². The molecule has 82 valence electrons. The molecule has 0 spiro atoms. The van der Waals surface area contributed by atoms with Crippen LogP contribution in [0.15, 0.2) is 41.4 Å². The fourth-order valence-electron chi connectivity index (χ4n) is 1.27. The van der Waals surface area contributed by atoms with E-state index in [1.165, 1.54) is 0 Å². The molecule has 2 aromatic rings. The summed E-state index contributed by atoms with van der Waals surface area (Å²) in [4.78, 5) is 12.5. The van der Waals surface area contributed by atoms with Gasteiger partial charge in [0.15, 0.2) is 0 Å². The van der Waals surface area contributed by atoms with Gasteiger partial charge < -0.3 is 5.32 Å². The van der Waals surface area contributed by atoms with Crippen LogP contribution in [-0.4, -0.2) is 21.5 Å². The van der Waals surface area contributed by atoms with Crippen LogP contribution in [0.3, 0.4) is 0 Å². The SMILES string of the molecule is Brc1cnc(NCCc2ccccn2)cn1. The standard InChI is InChI=1S/C11H11BrN4/c12-10-7-16-11(8-15-10)14-6-4-9-3-1-2-5-13-9/h1-3,5,7-8H,4,6H2,(H,14,16). The third kappa shape index (κ3) is 3.27. The molecule has 5 heteroatoms. The number of anilines is 1. The van der Waals surface area contributed by atoms with Crippen LogP contribution in [0.1, 0.15) is 5.69 Å². The topological polar surface area (TPSA) is 50.7 Å². The molecule has 0 aliphatic heterocycles. The zero-order valence-electron chi connectivity index (χ0n) is 8.60. The molecule has 0 unspecified atom stereocenters. The number of aromatic nitrogens is 3. The summed E-state index contributed by atoms with van der Waals surface area (Å²) in [6, 6.07) is 5.91. The number of nitrogens with zero attached hydrogens (tertiary/aromatic N) is 3. The Morgan fingerprint density at radius 2 is 2.06 bits per heavy atom. The van der Waals surface area contributed by atoms with Gasteiger partial charge in [-0.1, -0.05) is 6.07 Å². The lowest BCUT2D eigenvalue weighted by Crippen LogP contribution is -2.07. The minimum absolute atomic E-state index is 0.739. The average molecular weight is 279 g/mol. The molecule has 0 radical (unpaired) electrons. The van der Waals surface area contributed by atoms with E-state index in [1.54, 1.807) is 18.6 Å². The van der Waals surface area contributed by atoms with Crippen molar-refractivity contribution in [3.05, 3.63) is 47.1 Å². The molecule has 0 saturated carbocycles. The van der Waals surface area contributed by atoms with Gasteiger partial charge in [-0.3, -0.25) is 4.98 Å². The fourth-order valence-corrected chi connectivity index (χ4v) is 1.47. The summed E-state index contributed by atoms with van der Waals surface area (Å²) in [6.07, 6.45) is 6.04. The summed E-state index contributed by atoms with van der Waals surface area (Å²) < 4.78 is 0.739. The predicted octanol–water partition coefficient (Wildman–Crippen LogP) is 2.29. The molecule has 1 N–H and O–H groups in total. The Kier molecular flexibility index (Phi) is 3.82. The highest BCUT2D eigenvalue weighted by Gasteiger charge is 1.96. The second-order valence-corrected chi connectivity index (χ2v) is 4.03. The molecular formula is C11H11BrN4. The smallest absolute Gasteiger partial charge is 0.144 e. The van der Waals surface area contributed by atoms with Gasteiger partial charge in [-0.2, -0.15) is 0 Å². The van der Waals surface area contributed by atoms with Gasteiger partial charge in [0.05, 0.1) is 12.4 Å². The first kappa shape index (κ1) is 11.0. The minimum Gasteiger partial charge on any atom is -0.368 e. The van der Waals surface area contributed by atoms with Gasteiger partial charge in [-0.25, -0.2) is 9.97 Å². The van der Waals surface area contributed by atoms with Crippen molar-refractivity contribution < 1.29 is 0 Å². The van der Waals surface area contributed by atoms with Crippen molar-refractivity contribution in [1.29, 1.82) is 0 Å². The molecule has 16 heavy (non-hydrogen) atoms. The van der Waals surface area contributed by atoms with Gasteiger partial charge in [0.1, 0.15) is 10.4 Å². The van der Waals surface area contributed by atoms with E-state index in [1.807, 2.05) is 18.2 Å². The molecule has 0 aliphatic rings. The highest BCUT2D eigenvalue weighted by atomic mass is 79.9. The molecule has 4 nitrogen and oxygen atoms in total. The fraction of sp³-hybridized carbons (Fsp3) is 0.182. The summed E-state index contributed by atoms with van der Waals surface area (Å²) in [7, 11) is 0. The van der Waals surface area contributed by atoms with E-state index in [-0.39, 0.29) is 0 Å². The largest absolute Gasteiger partial charge is 0.368 e. The van der Waals surface area contributed by atoms with Crippen molar-refractivity contribution >= 4 is 21.7 Å². The maximum absolute atomic E-state index is 4.24. The molecule has 0 aromatic carbocycles. The van der Waals surface area contributed by atoms with E-state index in [2.05, 4.69) is 36.2 Å². The molecule has 0 amide bonds. The van der Waals surface area contributed by atoms with Crippen LogP contribution in [0, 0.1) is 0 Å². The number of nitrogens with one attached hydrogen (secondary N) is 1. The minimum atomic E-state index is 0.739. The molecule has 2 aromatic heterocycles. The van der Waals surface area contributed by atoms with Crippen LogP contribution >= 0.6 is 15.9 Å². The Morgan fingerprint density at radius 3 is 2.75 bits per heavy atom. The lowest BCUT2D eigenvalue weighted by atomic mass is 10.3. The first-order valence-electron chi connectivity index (χ1n) is 4.96. The van der Waals surface area contributed by atoms with Crippen LogP contribution in [-0.2, 0) is 6.42 Å². The second-order valence-electron chi connectivity index (χ2n) is 3.22. The second kappa shape index (κ2) is 5.55. The Morgan fingerprint density at radius 1 is 1.12 bits per heavy atom. The number of hydrogen-bond donors (Lipinski definition) is 1. The summed E-state index contributed by atoms with van der Waals surface area (Å²) in [5, 5.41) is 3.19. The van der Waals surface area contributed by atoms with E-state index >= 15 is 0 Å². The number of halogens is 1. The van der Waals surface area contributed by atoms with Crippen LogP contribution in [0.4, 0.5) is 5.82 Å². The van der Waals surface area contributed by atoms with Crippen molar-refractivity contribution in [2.75, 3.05) is 11.9 Å². The zero-order chi connectivity index (χ0) is 11.2. The molecule has 0 atom stereocenters. The Balaban J connectivity index is 1.82. The maximum atomic E-state index is 4.24. The monoisotopic (exact) mass is 278 g/mol. The van der Waals surface area contributed by atoms with Crippen molar-refractivity contribution in [3.63, 3.8) is 0 Å². The molecule has 2 heterocycles. The molecule has 0 aliphatic carbocycles. The van der Waals surface area contributed by atoms with Gasteiger partial charge in [0.2, 0.25) is 0 Å². The number of hydrogen-bond acceptors (Lipinski definition) is 4. The molecular weight excluding hydrogens is 268 g/mol. The van der Waals surface area contributed by atoms with E-state index in [4.69, 9.17) is 0 Å². The van der Waals surface area contributed by atoms with Crippen molar-refractivity contribution in [2.24, 2.45) is 0 Å². The predicted molar refractivity (Wildman–Crippen MR) is 66.2 cm³/mol. The normalized spacial score (nSPS) is 10.1. The summed E-state index contributed by atoms with van der Waals surface area (Å²) >= 11 is 3.24. The van der Waals surface area contributed by atoms with Crippen molar-refractivity contribution in [1.82, 2.24) is 15.0 Å². The van der Waals surface area contributed by atoms with E-state index < -0.39 is 0 Å². The average Bonchev–Trinajstić information content (AvgIpc) is 2.33. The summed E-state index contributed by atoms with van der Waals surface area (Å²) in [5.74, 6) is 0.777. The lowest BCUT2D eigenvalue weighted by Gasteiger charge is -2.04. The zero-order valence-corrected chi connectivity index (χ0v) is 10.2. The molecule has 0 bridgehead atoms. The molecule has 2 rings (SSSR count). The Labute approximate surface area is 102 Å². The first-order valence-corrected chi connectivity index (χ1v) is 5.75. The van der Waals surface area contributed by atoms with Crippen LogP contribution in [0.5, 0.6) is 0 Å². The van der Waals surface area contributed by atoms with E-state index in [9.17, 15) is 0 Å². The summed E-state index contributed by atoms with van der Waals surface area (Å²) in [6.45, 7) is 0.799. The van der Waals surface area contributed by atoms with Gasteiger partial charge >= 0.3 is 0 Å². The quantitative estimate of drug-likeness (QED) is 0.933. The third-order valence-electron chi connectivity index (χ3n) is 2.03. The van der Waals surface area contributed by atoms with Crippen LogP contribution < -0.4 is 5.32 Å². The molecule has 0 saturated heterocycles. The summed E-state index contributed by atoms with van der Waals surface area (Å²) in [5.41, 5.74) is 1.07. The van der Waals surface area contributed by atoms with Crippen LogP contribution in [0.2, 0.25) is 0 Å². The van der Waals surface area contributed by atoms with E-state index in [0.29, 0.717) is 0 Å². The van der Waals surface area contributed by atoms with E-state index in [0.717, 1.165) is 29.1 Å². The maximum Gasteiger partial charge on any atom is 0.144 e. The van der Waals surface area contributed by atoms with Crippen molar-refractivity contribution in [3.8, 4) is 0 Å².